The maximum atomic E-state index is 12.8. The van der Waals surface area contributed by atoms with Crippen LogP contribution in [0.4, 0.5) is 0 Å². The standard InChI is InChI=1S/C56H87NO8/c1-6-8-10-12-14-16-18-20-22-24-25-26-27-28-29-31-33-35-37-39-41-43-45-47-54(59)65-52(51-64-56(55(60)61)62-49-48-57(3,4)5)50-63-53(58)46-44-42-40-38-36-34-32-30-23-21-19-17-15-13-11-9-7-2/h8-11,14-17,20-23,25-26,28-29,32-35,38,40,52,56H,6-7,12-13,18-19,24,27,30-31,36-37,39,41-51H2,1-5H3/p+1/b10-8-,11-9-,16-14-,17-15-,22-20-,23-21-,26-25-,29-28-,34-32-,35-33-,40-38-. The summed E-state index contributed by atoms with van der Waals surface area (Å²) in [5, 5.41) is 9.66. The summed E-state index contributed by atoms with van der Waals surface area (Å²) >= 11 is 0. The molecule has 9 nitrogen and oxygen atoms in total. The lowest BCUT2D eigenvalue weighted by Crippen LogP contribution is -2.40. The SMILES string of the molecule is CC/C=C\C/C=C\C/C=C\C/C=C\C/C=C\C/C=C\CCCCCCC(=O)OC(COC(=O)CCC/C=C\C/C=C\C/C=C\C/C=C\C/C=C\CC)COC(OCC[N+](C)(C)C)C(=O)O. The van der Waals surface area contributed by atoms with Crippen LogP contribution in [0.25, 0.3) is 0 Å². The zero-order valence-electron chi connectivity index (χ0n) is 41.1. The molecular weight excluding hydrogens is 815 g/mol. The maximum Gasteiger partial charge on any atom is 0.361 e. The van der Waals surface area contributed by atoms with Crippen molar-refractivity contribution in [3.63, 3.8) is 0 Å². The van der Waals surface area contributed by atoms with Gasteiger partial charge in [0.2, 0.25) is 0 Å². The van der Waals surface area contributed by atoms with Gasteiger partial charge < -0.3 is 28.5 Å². The average molecular weight is 903 g/mol. The van der Waals surface area contributed by atoms with Crippen molar-refractivity contribution in [2.24, 2.45) is 0 Å². The van der Waals surface area contributed by atoms with E-state index in [4.69, 9.17) is 18.9 Å². The van der Waals surface area contributed by atoms with Gasteiger partial charge in [-0.1, -0.05) is 160 Å². The van der Waals surface area contributed by atoms with Crippen LogP contribution in [0.3, 0.4) is 0 Å². The highest BCUT2D eigenvalue weighted by atomic mass is 16.7. The summed E-state index contributed by atoms with van der Waals surface area (Å²) in [6, 6.07) is 0. The lowest BCUT2D eigenvalue weighted by Gasteiger charge is -2.25. The summed E-state index contributed by atoms with van der Waals surface area (Å²) in [6.45, 7) is 4.51. The Morgan fingerprint density at radius 3 is 1.26 bits per heavy atom. The van der Waals surface area contributed by atoms with Crippen LogP contribution in [0, 0.1) is 0 Å². The van der Waals surface area contributed by atoms with Crippen LogP contribution < -0.4 is 0 Å². The Hall–Kier alpha value is -4.57. The van der Waals surface area contributed by atoms with Crippen molar-refractivity contribution in [3.05, 3.63) is 134 Å². The predicted octanol–water partition coefficient (Wildman–Crippen LogP) is 13.6. The molecule has 0 aromatic rings. The predicted molar refractivity (Wildman–Crippen MR) is 271 cm³/mol. The van der Waals surface area contributed by atoms with E-state index < -0.39 is 30.3 Å². The lowest BCUT2D eigenvalue weighted by atomic mass is 10.1. The number of likely N-dealkylation sites (N-methyl/N-ethyl adjacent to an activating group) is 1. The second-order valence-electron chi connectivity index (χ2n) is 16.7. The van der Waals surface area contributed by atoms with Gasteiger partial charge in [0.05, 0.1) is 34.4 Å². The van der Waals surface area contributed by atoms with Gasteiger partial charge in [-0.2, -0.15) is 0 Å². The first-order valence-corrected chi connectivity index (χ1v) is 24.3. The van der Waals surface area contributed by atoms with E-state index in [0.29, 0.717) is 23.9 Å². The molecule has 2 atom stereocenters. The smallest absolute Gasteiger partial charge is 0.361 e. The van der Waals surface area contributed by atoms with Crippen LogP contribution in [0.5, 0.6) is 0 Å². The van der Waals surface area contributed by atoms with E-state index in [1.807, 2.05) is 21.1 Å². The average Bonchev–Trinajstić information content (AvgIpc) is 3.27. The first kappa shape index (κ1) is 60.4. The van der Waals surface area contributed by atoms with Crippen molar-refractivity contribution in [2.45, 2.75) is 155 Å². The Kier molecular flexibility index (Phi) is 42.7. The summed E-state index contributed by atoms with van der Waals surface area (Å²) in [4.78, 5) is 37.2. The Bertz CT molecular complexity index is 1520. The molecule has 0 aromatic carbocycles. The fourth-order valence-corrected chi connectivity index (χ4v) is 5.70. The summed E-state index contributed by atoms with van der Waals surface area (Å²) < 4.78 is 22.7. The number of carbonyl (C=O) groups is 3. The maximum absolute atomic E-state index is 12.8. The zero-order chi connectivity index (χ0) is 47.7. The van der Waals surface area contributed by atoms with Crippen LogP contribution in [-0.4, -0.2) is 87.4 Å². The van der Waals surface area contributed by atoms with E-state index in [-0.39, 0.29) is 32.7 Å². The number of allylic oxidation sites excluding steroid dienone is 22. The second-order valence-corrected chi connectivity index (χ2v) is 16.7. The summed E-state index contributed by atoms with van der Waals surface area (Å²) in [5.41, 5.74) is 0. The fraction of sp³-hybridized carbons (Fsp3) is 0.554. The summed E-state index contributed by atoms with van der Waals surface area (Å²) in [6.07, 6.45) is 62.4. The Morgan fingerprint density at radius 1 is 0.462 bits per heavy atom. The molecule has 0 saturated carbocycles. The van der Waals surface area contributed by atoms with Gasteiger partial charge in [0.25, 0.3) is 6.29 Å². The van der Waals surface area contributed by atoms with E-state index in [2.05, 4.69) is 148 Å². The molecule has 0 heterocycles. The molecule has 0 spiro atoms. The topological polar surface area (TPSA) is 108 Å². The normalized spacial score (nSPS) is 14.0. The number of hydrogen-bond donors (Lipinski definition) is 1. The van der Waals surface area contributed by atoms with Crippen molar-refractivity contribution in [3.8, 4) is 0 Å². The zero-order valence-corrected chi connectivity index (χ0v) is 41.1. The number of unbranched alkanes of at least 4 members (excludes halogenated alkanes) is 5. The van der Waals surface area contributed by atoms with Crippen LogP contribution in [0.15, 0.2) is 134 Å². The minimum absolute atomic E-state index is 0.165. The van der Waals surface area contributed by atoms with Crippen molar-refractivity contribution >= 4 is 17.9 Å². The molecule has 364 valence electrons. The fourth-order valence-electron chi connectivity index (χ4n) is 5.70. The number of esters is 2. The third kappa shape index (κ3) is 47.2. The quantitative estimate of drug-likeness (QED) is 0.0212. The minimum Gasteiger partial charge on any atom is -0.477 e. The number of ether oxygens (including phenoxy) is 4. The van der Waals surface area contributed by atoms with Crippen molar-refractivity contribution in [2.75, 3.05) is 47.5 Å². The van der Waals surface area contributed by atoms with Gasteiger partial charge in [0.15, 0.2) is 6.10 Å². The Labute approximate surface area is 395 Å². The molecule has 1 N–H and O–H groups in total. The van der Waals surface area contributed by atoms with Crippen molar-refractivity contribution < 1.29 is 42.9 Å². The number of nitrogens with zero attached hydrogens (tertiary/aromatic N) is 1. The van der Waals surface area contributed by atoms with Crippen LogP contribution >= 0.6 is 0 Å². The van der Waals surface area contributed by atoms with Gasteiger partial charge in [0.1, 0.15) is 13.2 Å². The molecule has 0 saturated heterocycles. The molecule has 65 heavy (non-hydrogen) atoms. The van der Waals surface area contributed by atoms with Crippen LogP contribution in [-0.2, 0) is 33.3 Å². The number of hydrogen-bond acceptors (Lipinski definition) is 7. The highest BCUT2D eigenvalue weighted by Crippen LogP contribution is 2.11. The number of carboxylic acid groups (broad SMARTS) is 1. The highest BCUT2D eigenvalue weighted by molar-refractivity contribution is 5.71. The Balaban J connectivity index is 4.55. The molecular formula is C56H88NO8+. The number of aliphatic carboxylic acids is 1. The number of carboxylic acids is 1. The molecule has 2 unspecified atom stereocenters. The first-order chi connectivity index (χ1) is 31.6. The number of quaternary nitrogens is 1. The molecule has 0 aliphatic carbocycles. The summed E-state index contributed by atoms with van der Waals surface area (Å²) in [7, 11) is 5.92. The molecule has 0 bridgehead atoms. The molecule has 0 radical (unpaired) electrons. The van der Waals surface area contributed by atoms with Gasteiger partial charge >= 0.3 is 17.9 Å². The third-order valence-corrected chi connectivity index (χ3v) is 9.40. The largest absolute Gasteiger partial charge is 0.477 e. The van der Waals surface area contributed by atoms with E-state index in [9.17, 15) is 19.5 Å². The Morgan fingerprint density at radius 2 is 0.846 bits per heavy atom. The lowest BCUT2D eigenvalue weighted by molar-refractivity contribution is -0.870. The van der Waals surface area contributed by atoms with Crippen LogP contribution in [0.2, 0.25) is 0 Å². The van der Waals surface area contributed by atoms with Crippen LogP contribution in [0.1, 0.15) is 142 Å². The molecule has 0 aliphatic rings. The van der Waals surface area contributed by atoms with E-state index in [1.165, 1.54) is 0 Å². The second kappa shape index (κ2) is 46.0. The third-order valence-electron chi connectivity index (χ3n) is 9.40. The summed E-state index contributed by atoms with van der Waals surface area (Å²) in [5.74, 6) is -2.14. The molecule has 0 fully saturated rings. The molecule has 0 aromatic heterocycles. The van der Waals surface area contributed by atoms with Gasteiger partial charge in [-0.25, -0.2) is 4.79 Å². The van der Waals surface area contributed by atoms with Crippen molar-refractivity contribution in [1.82, 2.24) is 0 Å². The molecule has 0 rings (SSSR count). The van der Waals surface area contributed by atoms with E-state index in [0.717, 1.165) is 103 Å². The van der Waals surface area contributed by atoms with Crippen molar-refractivity contribution in [1.29, 1.82) is 0 Å². The minimum atomic E-state index is -1.54. The molecule has 9 heteroatoms. The van der Waals surface area contributed by atoms with E-state index in [1.54, 1.807) is 0 Å². The first-order valence-electron chi connectivity index (χ1n) is 24.3. The number of rotatable bonds is 42. The van der Waals surface area contributed by atoms with E-state index >= 15 is 0 Å². The van der Waals surface area contributed by atoms with Gasteiger partial charge in [-0.15, -0.1) is 0 Å². The monoisotopic (exact) mass is 903 g/mol. The molecule has 0 amide bonds. The van der Waals surface area contributed by atoms with Gasteiger partial charge in [-0.3, -0.25) is 9.59 Å². The molecule has 0 aliphatic heterocycles. The number of carbonyl (C=O) groups excluding carboxylic acids is 2. The highest BCUT2D eigenvalue weighted by Gasteiger charge is 2.25. The van der Waals surface area contributed by atoms with Gasteiger partial charge in [0, 0.05) is 12.8 Å². The van der Waals surface area contributed by atoms with Gasteiger partial charge in [-0.05, 0) is 103 Å².